The number of benzene rings is 6. The number of carboxylic acids is 3. The average Bonchev–Trinajstić information content (AvgIpc) is 3.11. The molecule has 0 aromatic heterocycles. The molecule has 0 heterocycles. The van der Waals surface area contributed by atoms with Crippen molar-refractivity contribution in [3.8, 4) is 0 Å². The van der Waals surface area contributed by atoms with E-state index >= 15 is 0 Å². The van der Waals surface area contributed by atoms with Crippen LogP contribution in [0.5, 0.6) is 0 Å². The second kappa shape index (κ2) is 20.5. The van der Waals surface area contributed by atoms with Crippen molar-refractivity contribution in [2.75, 3.05) is 0 Å². The molecule has 0 bridgehead atoms. The Kier molecular flexibility index (Phi) is 16.1. The van der Waals surface area contributed by atoms with Crippen LogP contribution in [0.4, 0.5) is 0 Å². The van der Waals surface area contributed by atoms with E-state index in [1.807, 2.05) is 91.0 Å². The molecule has 6 nitrogen and oxygen atoms in total. The number of rotatable bonds is 9. The Morgan fingerprint density at radius 3 is 1.04 bits per heavy atom. The van der Waals surface area contributed by atoms with Gasteiger partial charge in [-0.3, -0.25) is 0 Å². The van der Waals surface area contributed by atoms with Crippen molar-refractivity contribution >= 4 is 72.8 Å². The van der Waals surface area contributed by atoms with Gasteiger partial charge < -0.3 is 15.3 Å². The van der Waals surface area contributed by atoms with Gasteiger partial charge in [0, 0.05) is 0 Å². The molecule has 0 aliphatic heterocycles. The van der Waals surface area contributed by atoms with E-state index in [1.54, 1.807) is 58.9 Å². The summed E-state index contributed by atoms with van der Waals surface area (Å²) in [5.41, 5.74) is 1.08. The minimum Gasteiger partial charge on any atom is -0.478 e. The number of hydrogen-bond acceptors (Lipinski definition) is 3. The first-order valence-electron chi connectivity index (χ1n) is 16.1. The zero-order valence-electron chi connectivity index (χ0n) is 27.1. The predicted molar refractivity (Wildman–Crippen MR) is 197 cm³/mol. The van der Waals surface area contributed by atoms with Crippen molar-refractivity contribution in [2.24, 2.45) is 0 Å². The van der Waals surface area contributed by atoms with Crippen LogP contribution in [0, 0.1) is 0 Å². The molecule has 0 aliphatic carbocycles. The summed E-state index contributed by atoms with van der Waals surface area (Å²) in [5, 5.41) is 31.9. The summed E-state index contributed by atoms with van der Waals surface area (Å²) in [6.07, 6.45) is 8.71. The molecule has 245 valence electrons. The van der Waals surface area contributed by atoms with Crippen LogP contribution >= 0.6 is 0 Å². The summed E-state index contributed by atoms with van der Waals surface area (Å²) in [6.45, 7) is 2.27. The Morgan fingerprint density at radius 1 is 0.438 bits per heavy atom. The van der Waals surface area contributed by atoms with Gasteiger partial charge in [0.2, 0.25) is 0 Å². The fourth-order valence-corrected chi connectivity index (χ4v) is 5.85. The van der Waals surface area contributed by atoms with Gasteiger partial charge in [-0.05, 0) is 50.5 Å². The van der Waals surface area contributed by atoms with Crippen LogP contribution in [0.15, 0.2) is 127 Å². The topological polar surface area (TPSA) is 112 Å². The van der Waals surface area contributed by atoms with Gasteiger partial charge in [0.15, 0.2) is 0 Å². The number of carbonyl (C=O) groups is 3. The Labute approximate surface area is 295 Å². The van der Waals surface area contributed by atoms with Gasteiger partial charge in [0.1, 0.15) is 0 Å². The number of fused-ring (bicyclic) bond motifs is 3. The Morgan fingerprint density at radius 2 is 0.729 bits per heavy atom. The maximum atomic E-state index is 10.8. The molecule has 3 radical (unpaired) electrons. The number of unbranched alkanes of at least 4 members (excludes halogenated alkanes) is 5. The van der Waals surface area contributed by atoms with Gasteiger partial charge in [-0.15, -0.1) is 0 Å². The van der Waals surface area contributed by atoms with Gasteiger partial charge in [-0.2, -0.15) is 0 Å². The predicted octanol–water partition coefficient (Wildman–Crippen LogP) is 10.5. The first-order chi connectivity index (χ1) is 23.3. The third kappa shape index (κ3) is 11.5. The Bertz CT molecular complexity index is 1700. The SMILES string of the molecule is CCCCCCC[CH2][Sn].O=C(O)c1cccc2ccccc12.O=C(O)c1cccc2ccccc12.O=C(O)c1cccc2ccccc12. The molecule has 0 atom stereocenters. The van der Waals surface area contributed by atoms with Crippen LogP contribution in [-0.2, 0) is 0 Å². The van der Waals surface area contributed by atoms with E-state index in [-0.39, 0.29) is 0 Å². The van der Waals surface area contributed by atoms with E-state index in [2.05, 4.69) is 6.92 Å². The maximum absolute atomic E-state index is 10.8. The zero-order valence-corrected chi connectivity index (χ0v) is 30.0. The van der Waals surface area contributed by atoms with Crippen LogP contribution < -0.4 is 0 Å². The molecule has 6 rings (SSSR count). The molecule has 0 saturated heterocycles. The summed E-state index contributed by atoms with van der Waals surface area (Å²) in [4.78, 5) is 32.4. The Hall–Kier alpha value is -4.69. The molecule has 0 spiro atoms. The monoisotopic (exact) mass is 749 g/mol. The molecular weight excluding hydrogens is 707 g/mol. The molecule has 0 saturated carbocycles. The van der Waals surface area contributed by atoms with Crippen molar-refractivity contribution < 1.29 is 29.7 Å². The van der Waals surface area contributed by atoms with Gasteiger partial charge in [-0.25, -0.2) is 14.4 Å². The molecule has 0 unspecified atom stereocenters. The van der Waals surface area contributed by atoms with Gasteiger partial charge in [0.25, 0.3) is 0 Å². The first-order valence-corrected chi connectivity index (χ1v) is 18.1. The van der Waals surface area contributed by atoms with Crippen molar-refractivity contribution in [3.63, 3.8) is 0 Å². The van der Waals surface area contributed by atoms with Crippen molar-refractivity contribution in [1.29, 1.82) is 0 Å². The van der Waals surface area contributed by atoms with Crippen molar-refractivity contribution in [2.45, 2.75) is 49.9 Å². The zero-order chi connectivity index (χ0) is 34.7. The van der Waals surface area contributed by atoms with E-state index < -0.39 is 17.9 Å². The molecule has 0 aliphatic rings. The quantitative estimate of drug-likeness (QED) is 0.100. The van der Waals surface area contributed by atoms with Crippen LogP contribution in [0.1, 0.15) is 76.5 Å². The standard InChI is InChI=1S/3C11H8O2.C8H17.Sn/c3*12-11(13)10-7-3-5-8-4-1-2-6-9(8)10;1-3-5-7-8-6-4-2;/h3*1-7H,(H,12,13);1,3-8H2,2H3;. The fourth-order valence-electron chi connectivity index (χ4n) is 5.14. The van der Waals surface area contributed by atoms with Crippen molar-refractivity contribution in [1.82, 2.24) is 0 Å². The third-order valence-corrected chi connectivity index (χ3v) is 8.60. The van der Waals surface area contributed by atoms with Gasteiger partial charge in [0.05, 0.1) is 16.7 Å². The average molecular weight is 748 g/mol. The van der Waals surface area contributed by atoms with Crippen molar-refractivity contribution in [3.05, 3.63) is 144 Å². The summed E-state index contributed by atoms with van der Waals surface area (Å²) < 4.78 is 1.46. The van der Waals surface area contributed by atoms with E-state index in [0.29, 0.717) is 16.7 Å². The van der Waals surface area contributed by atoms with Gasteiger partial charge in [-0.1, -0.05) is 109 Å². The maximum Gasteiger partial charge on any atom is 0.336 e. The summed E-state index contributed by atoms with van der Waals surface area (Å²) in [6, 6.07) is 38.2. The molecule has 7 heteroatoms. The van der Waals surface area contributed by atoms with Crippen LogP contribution in [0.2, 0.25) is 4.44 Å². The van der Waals surface area contributed by atoms with E-state index in [9.17, 15) is 14.4 Å². The number of hydrogen-bond donors (Lipinski definition) is 3. The molecule has 3 N–H and O–H groups in total. The molecule has 6 aromatic rings. The minimum absolute atomic E-state index is 0.359. The second-order valence-electron chi connectivity index (χ2n) is 11.0. The second-order valence-corrected chi connectivity index (χ2v) is 12.4. The Balaban J connectivity index is 0.000000176. The largest absolute Gasteiger partial charge is 0.478 e. The third-order valence-electron chi connectivity index (χ3n) is 7.59. The normalized spacial score (nSPS) is 10.1. The van der Waals surface area contributed by atoms with Crippen LogP contribution in [-0.4, -0.2) is 55.8 Å². The summed E-state index contributed by atoms with van der Waals surface area (Å²) >= 11 is 1.71. The van der Waals surface area contributed by atoms with Gasteiger partial charge >= 0.3 is 90.3 Å². The smallest absolute Gasteiger partial charge is 0.336 e. The number of carboxylic acid groups (broad SMARTS) is 3. The minimum atomic E-state index is -0.878. The fraction of sp³-hybridized carbons (Fsp3) is 0.195. The number of aromatic carboxylic acids is 3. The van der Waals surface area contributed by atoms with Crippen LogP contribution in [0.25, 0.3) is 32.3 Å². The van der Waals surface area contributed by atoms with Crippen LogP contribution in [0.3, 0.4) is 0 Å². The molecule has 0 amide bonds. The molecule has 48 heavy (non-hydrogen) atoms. The summed E-state index contributed by atoms with van der Waals surface area (Å²) in [7, 11) is 0. The molecule has 6 aromatic carbocycles. The van der Waals surface area contributed by atoms with E-state index in [0.717, 1.165) is 32.3 Å². The molecular formula is C41H41O6Sn. The van der Waals surface area contributed by atoms with E-state index in [1.165, 1.54) is 43.0 Å². The molecule has 0 fully saturated rings. The summed E-state index contributed by atoms with van der Waals surface area (Å²) in [5.74, 6) is -2.63. The van der Waals surface area contributed by atoms with E-state index in [4.69, 9.17) is 15.3 Å². The first kappa shape index (κ1) is 37.8.